The Morgan fingerprint density at radius 3 is 2.58 bits per heavy atom. The predicted octanol–water partition coefficient (Wildman–Crippen LogP) is 4.03. The number of anilines is 2. The second-order valence-electron chi connectivity index (χ2n) is 5.43. The molecule has 0 saturated heterocycles. The second-order valence-corrected chi connectivity index (χ2v) is 7.71. The van der Waals surface area contributed by atoms with Gasteiger partial charge in [0.05, 0.1) is 29.6 Å². The van der Waals surface area contributed by atoms with Gasteiger partial charge in [-0.3, -0.25) is 0 Å². The Bertz CT molecular complexity index is 1010. The fourth-order valence-electron chi connectivity index (χ4n) is 2.34. The summed E-state index contributed by atoms with van der Waals surface area (Å²) < 4.78 is 48.1. The van der Waals surface area contributed by atoms with E-state index in [1.807, 2.05) is 0 Å². The van der Waals surface area contributed by atoms with Gasteiger partial charge in [0.2, 0.25) is 0 Å². The van der Waals surface area contributed by atoms with Crippen LogP contribution in [0, 0.1) is 5.82 Å². The van der Waals surface area contributed by atoms with Crippen molar-refractivity contribution >= 4 is 21.5 Å². The number of oxazole rings is 1. The van der Waals surface area contributed by atoms with Gasteiger partial charge >= 0.3 is 0 Å². The molecule has 0 amide bonds. The van der Waals surface area contributed by atoms with Crippen LogP contribution in [0.2, 0.25) is 0 Å². The van der Waals surface area contributed by atoms with E-state index in [0.29, 0.717) is 22.8 Å². The number of hydrogen-bond donors (Lipinski definition) is 1. The first-order valence-electron chi connectivity index (χ1n) is 7.82. The van der Waals surface area contributed by atoms with Crippen molar-refractivity contribution in [3.8, 4) is 17.1 Å². The van der Waals surface area contributed by atoms with E-state index in [9.17, 15) is 12.8 Å². The lowest BCUT2D eigenvalue weighted by Gasteiger charge is -2.10. The quantitative estimate of drug-likeness (QED) is 0.700. The molecule has 3 rings (SSSR count). The Morgan fingerprint density at radius 2 is 1.92 bits per heavy atom. The highest BCUT2D eigenvalue weighted by atomic mass is 32.2. The SMILES string of the molecule is CCS(=O)(=O)c1ccc(OC)c(Nc2ncc(-c3ccc(F)cc3)o2)c1. The Labute approximate surface area is 150 Å². The molecule has 0 aliphatic rings. The molecule has 136 valence electrons. The molecule has 0 fully saturated rings. The van der Waals surface area contributed by atoms with Crippen LogP contribution in [0.25, 0.3) is 11.3 Å². The Hall–Kier alpha value is -2.87. The van der Waals surface area contributed by atoms with Crippen LogP contribution >= 0.6 is 0 Å². The second kappa shape index (κ2) is 7.17. The lowest BCUT2D eigenvalue weighted by molar-refractivity contribution is 0.416. The molecule has 3 aromatic rings. The Balaban J connectivity index is 1.91. The maximum absolute atomic E-state index is 13.0. The van der Waals surface area contributed by atoms with Crippen LogP contribution in [0.5, 0.6) is 5.75 Å². The molecule has 0 bridgehead atoms. The number of nitrogens with zero attached hydrogens (tertiary/aromatic N) is 1. The average Bonchev–Trinajstić information content (AvgIpc) is 3.10. The van der Waals surface area contributed by atoms with Crippen molar-refractivity contribution in [2.24, 2.45) is 0 Å². The van der Waals surface area contributed by atoms with Gasteiger partial charge in [-0.25, -0.2) is 17.8 Å². The third-order valence-corrected chi connectivity index (χ3v) is 5.52. The van der Waals surface area contributed by atoms with Crippen LogP contribution in [0.4, 0.5) is 16.1 Å². The fourth-order valence-corrected chi connectivity index (χ4v) is 3.25. The smallest absolute Gasteiger partial charge is 0.299 e. The molecule has 0 saturated carbocycles. The maximum Gasteiger partial charge on any atom is 0.299 e. The number of nitrogens with one attached hydrogen (secondary N) is 1. The number of hydrogen-bond acceptors (Lipinski definition) is 6. The number of halogens is 1. The topological polar surface area (TPSA) is 81.4 Å². The van der Waals surface area contributed by atoms with E-state index in [1.54, 1.807) is 25.1 Å². The van der Waals surface area contributed by atoms with Crippen LogP contribution < -0.4 is 10.1 Å². The molecule has 6 nitrogen and oxygen atoms in total. The molecule has 1 N–H and O–H groups in total. The van der Waals surface area contributed by atoms with Gasteiger partial charge in [-0.05, 0) is 42.5 Å². The number of sulfone groups is 1. The summed E-state index contributed by atoms with van der Waals surface area (Å²) in [5, 5.41) is 2.92. The standard InChI is InChI=1S/C18H17FN2O4S/c1-3-26(22,23)14-8-9-16(24-2)15(10-14)21-18-20-11-17(25-18)12-4-6-13(19)7-5-12/h4-11H,3H2,1-2H3,(H,20,21). The van der Waals surface area contributed by atoms with Gasteiger partial charge in [-0.15, -0.1) is 0 Å². The Morgan fingerprint density at radius 1 is 1.19 bits per heavy atom. The van der Waals surface area contributed by atoms with E-state index < -0.39 is 9.84 Å². The number of rotatable bonds is 6. The summed E-state index contributed by atoms with van der Waals surface area (Å²) in [5.74, 6) is 0.544. The minimum atomic E-state index is -3.36. The summed E-state index contributed by atoms with van der Waals surface area (Å²) >= 11 is 0. The molecule has 1 aromatic heterocycles. The third-order valence-electron chi connectivity index (χ3n) is 3.79. The molecule has 2 aromatic carbocycles. The number of benzene rings is 2. The third kappa shape index (κ3) is 3.70. The highest BCUT2D eigenvalue weighted by Crippen LogP contribution is 2.32. The van der Waals surface area contributed by atoms with Gasteiger partial charge in [0.25, 0.3) is 6.01 Å². The van der Waals surface area contributed by atoms with E-state index >= 15 is 0 Å². The molecule has 0 aliphatic carbocycles. The van der Waals surface area contributed by atoms with Crippen molar-refractivity contribution in [3.63, 3.8) is 0 Å². The number of ether oxygens (including phenoxy) is 1. The predicted molar refractivity (Wildman–Crippen MR) is 95.9 cm³/mol. The number of methoxy groups -OCH3 is 1. The lowest BCUT2D eigenvalue weighted by Crippen LogP contribution is -2.05. The maximum atomic E-state index is 13.0. The van der Waals surface area contributed by atoms with Crippen LogP contribution in [0.15, 0.2) is 58.0 Å². The lowest BCUT2D eigenvalue weighted by atomic mass is 10.2. The molecule has 26 heavy (non-hydrogen) atoms. The summed E-state index contributed by atoms with van der Waals surface area (Å²) in [7, 11) is -1.88. The average molecular weight is 376 g/mol. The van der Waals surface area contributed by atoms with E-state index in [-0.39, 0.29) is 22.5 Å². The zero-order valence-corrected chi connectivity index (χ0v) is 15.0. The molecular formula is C18H17FN2O4S. The minimum Gasteiger partial charge on any atom is -0.495 e. The van der Waals surface area contributed by atoms with Crippen molar-refractivity contribution in [2.45, 2.75) is 11.8 Å². The van der Waals surface area contributed by atoms with E-state index in [4.69, 9.17) is 9.15 Å². The molecule has 1 heterocycles. The normalized spacial score (nSPS) is 11.3. The Kier molecular flexibility index (Phi) is 4.94. The molecule has 8 heteroatoms. The summed E-state index contributed by atoms with van der Waals surface area (Å²) in [6.07, 6.45) is 1.49. The van der Waals surface area contributed by atoms with Crippen molar-refractivity contribution in [3.05, 3.63) is 54.5 Å². The first-order chi connectivity index (χ1) is 12.4. The molecule has 0 spiro atoms. The van der Waals surface area contributed by atoms with E-state index in [2.05, 4.69) is 10.3 Å². The summed E-state index contributed by atoms with van der Waals surface area (Å²) in [6, 6.07) is 10.5. The van der Waals surface area contributed by atoms with Gasteiger partial charge < -0.3 is 14.5 Å². The molecule has 0 radical (unpaired) electrons. The highest BCUT2D eigenvalue weighted by molar-refractivity contribution is 7.91. The summed E-state index contributed by atoms with van der Waals surface area (Å²) in [5.41, 5.74) is 1.08. The van der Waals surface area contributed by atoms with Crippen LogP contribution in [0.3, 0.4) is 0 Å². The molecular weight excluding hydrogens is 359 g/mol. The molecule has 0 atom stereocenters. The largest absolute Gasteiger partial charge is 0.495 e. The minimum absolute atomic E-state index is 0.00745. The zero-order chi connectivity index (χ0) is 18.7. The van der Waals surface area contributed by atoms with Crippen molar-refractivity contribution < 1.29 is 22.0 Å². The van der Waals surface area contributed by atoms with E-state index in [1.165, 1.54) is 37.6 Å². The van der Waals surface area contributed by atoms with Gasteiger partial charge in [0, 0.05) is 5.56 Å². The first-order valence-corrected chi connectivity index (χ1v) is 9.47. The van der Waals surface area contributed by atoms with E-state index in [0.717, 1.165) is 0 Å². The highest BCUT2D eigenvalue weighted by Gasteiger charge is 2.16. The fraction of sp³-hybridized carbons (Fsp3) is 0.167. The molecule has 0 aliphatic heterocycles. The summed E-state index contributed by atoms with van der Waals surface area (Å²) in [6.45, 7) is 1.58. The van der Waals surface area contributed by atoms with Crippen molar-refractivity contribution in [1.29, 1.82) is 0 Å². The first kappa shape index (κ1) is 17.9. The van der Waals surface area contributed by atoms with Crippen LogP contribution in [-0.2, 0) is 9.84 Å². The van der Waals surface area contributed by atoms with Crippen LogP contribution in [0.1, 0.15) is 6.92 Å². The van der Waals surface area contributed by atoms with Gasteiger partial charge in [0.15, 0.2) is 15.6 Å². The van der Waals surface area contributed by atoms with Crippen molar-refractivity contribution in [1.82, 2.24) is 4.98 Å². The van der Waals surface area contributed by atoms with Gasteiger partial charge in [-0.1, -0.05) is 6.92 Å². The zero-order valence-electron chi connectivity index (χ0n) is 14.2. The van der Waals surface area contributed by atoms with Crippen LogP contribution in [-0.4, -0.2) is 26.3 Å². The number of aromatic nitrogens is 1. The summed E-state index contributed by atoms with van der Waals surface area (Å²) in [4.78, 5) is 4.30. The monoisotopic (exact) mass is 376 g/mol. The van der Waals surface area contributed by atoms with Crippen molar-refractivity contribution in [2.75, 3.05) is 18.2 Å². The molecule has 0 unspecified atom stereocenters. The van der Waals surface area contributed by atoms with Gasteiger partial charge in [0.1, 0.15) is 11.6 Å². The van der Waals surface area contributed by atoms with Gasteiger partial charge in [-0.2, -0.15) is 0 Å².